The van der Waals surface area contributed by atoms with Gasteiger partial charge in [0, 0.05) is 30.5 Å². The first-order chi connectivity index (χ1) is 17.8. The van der Waals surface area contributed by atoms with Crippen LogP contribution in [-0.4, -0.2) is 33.8 Å². The summed E-state index contributed by atoms with van der Waals surface area (Å²) in [7, 11) is 0. The molecular formula is C25H16FN5O5S. The van der Waals surface area contributed by atoms with E-state index in [-0.39, 0.29) is 41.0 Å². The third kappa shape index (κ3) is 4.82. The summed E-state index contributed by atoms with van der Waals surface area (Å²) in [6, 6.07) is 15.6. The highest BCUT2D eigenvalue weighted by Crippen LogP contribution is 2.31. The minimum atomic E-state index is -0.566. The van der Waals surface area contributed by atoms with Gasteiger partial charge in [-0.3, -0.25) is 29.4 Å². The molecule has 5 rings (SSSR count). The van der Waals surface area contributed by atoms with E-state index < -0.39 is 16.6 Å². The lowest BCUT2D eigenvalue weighted by atomic mass is 10.2. The van der Waals surface area contributed by atoms with Crippen molar-refractivity contribution in [2.75, 3.05) is 9.91 Å². The second-order valence-electron chi connectivity index (χ2n) is 7.99. The molecule has 184 valence electrons. The molecule has 2 heterocycles. The molecule has 1 saturated heterocycles. The third-order valence-electron chi connectivity index (χ3n) is 5.56. The van der Waals surface area contributed by atoms with Crippen LogP contribution >= 0.6 is 11.3 Å². The van der Waals surface area contributed by atoms with Crippen molar-refractivity contribution in [2.24, 2.45) is 5.10 Å². The van der Waals surface area contributed by atoms with Gasteiger partial charge in [0.1, 0.15) is 5.82 Å². The molecule has 1 aliphatic rings. The van der Waals surface area contributed by atoms with Crippen LogP contribution in [0.3, 0.4) is 0 Å². The fourth-order valence-electron chi connectivity index (χ4n) is 3.71. The molecule has 0 N–H and O–H groups in total. The summed E-state index contributed by atoms with van der Waals surface area (Å²) in [6.45, 7) is 0. The molecule has 0 saturated carbocycles. The molecule has 12 heteroatoms. The van der Waals surface area contributed by atoms with Gasteiger partial charge in [-0.15, -0.1) is 0 Å². The number of imide groups is 1. The number of non-ortho nitro benzene ring substituents is 1. The zero-order valence-electron chi connectivity index (χ0n) is 18.9. The number of nitro groups is 1. The number of carbonyl (C=O) groups is 3. The van der Waals surface area contributed by atoms with E-state index in [1.165, 1.54) is 72.9 Å². The number of amides is 3. The summed E-state index contributed by atoms with van der Waals surface area (Å²) in [4.78, 5) is 53.4. The van der Waals surface area contributed by atoms with Crippen molar-refractivity contribution in [1.29, 1.82) is 0 Å². The number of anilines is 2. The van der Waals surface area contributed by atoms with Gasteiger partial charge >= 0.3 is 0 Å². The molecule has 3 aromatic carbocycles. The quantitative estimate of drug-likeness (QED) is 0.158. The predicted octanol–water partition coefficient (Wildman–Crippen LogP) is 4.68. The molecule has 1 fully saturated rings. The largest absolute Gasteiger partial charge is 0.280 e. The highest BCUT2D eigenvalue weighted by Gasteiger charge is 2.30. The number of hydrogen-bond acceptors (Lipinski definition) is 8. The molecule has 1 aromatic heterocycles. The monoisotopic (exact) mass is 517 g/mol. The van der Waals surface area contributed by atoms with Gasteiger partial charge in [0.2, 0.25) is 16.9 Å². The molecule has 0 bridgehead atoms. The van der Waals surface area contributed by atoms with Crippen LogP contribution in [0.4, 0.5) is 20.9 Å². The molecule has 0 spiro atoms. The Morgan fingerprint density at radius 2 is 1.73 bits per heavy atom. The number of hydrazone groups is 1. The van der Waals surface area contributed by atoms with Crippen molar-refractivity contribution < 1.29 is 23.7 Å². The summed E-state index contributed by atoms with van der Waals surface area (Å²) in [5, 5.41) is 16.4. The number of nitro benzene ring substituents is 1. The van der Waals surface area contributed by atoms with E-state index in [0.717, 1.165) is 21.2 Å². The van der Waals surface area contributed by atoms with Gasteiger partial charge in [-0.05, 0) is 60.2 Å². The SMILES string of the molecule is O=C(c1ccc(N2C(=O)CCC2=O)cc1)N(/N=C/c1ccc([N+](=O)[O-])cc1)c1nc2ccc(F)cc2s1. The Hall–Kier alpha value is -4.84. The first-order valence-electron chi connectivity index (χ1n) is 10.9. The Morgan fingerprint density at radius 3 is 2.38 bits per heavy atom. The molecular weight excluding hydrogens is 501 g/mol. The fraction of sp³-hybridized carbons (Fsp3) is 0.0800. The lowest BCUT2D eigenvalue weighted by Crippen LogP contribution is -2.29. The number of aromatic nitrogens is 1. The van der Waals surface area contributed by atoms with Gasteiger partial charge in [-0.25, -0.2) is 9.37 Å². The highest BCUT2D eigenvalue weighted by atomic mass is 32.1. The lowest BCUT2D eigenvalue weighted by molar-refractivity contribution is -0.384. The van der Waals surface area contributed by atoms with E-state index in [1.54, 1.807) is 0 Å². The number of carbonyl (C=O) groups excluding carboxylic acids is 3. The maximum Gasteiger partial charge on any atom is 0.280 e. The van der Waals surface area contributed by atoms with Crippen LogP contribution in [0.2, 0.25) is 0 Å². The van der Waals surface area contributed by atoms with Gasteiger partial charge in [-0.2, -0.15) is 10.1 Å². The molecule has 1 aliphatic heterocycles. The third-order valence-corrected chi connectivity index (χ3v) is 6.56. The topological polar surface area (TPSA) is 126 Å². The van der Waals surface area contributed by atoms with Gasteiger partial charge in [0.25, 0.3) is 11.6 Å². The molecule has 0 aliphatic carbocycles. The van der Waals surface area contributed by atoms with Crippen LogP contribution < -0.4 is 9.91 Å². The number of nitrogens with zero attached hydrogens (tertiary/aromatic N) is 5. The number of fused-ring (bicyclic) bond motifs is 1. The molecule has 10 nitrogen and oxygen atoms in total. The van der Waals surface area contributed by atoms with Crippen molar-refractivity contribution >= 4 is 62.0 Å². The van der Waals surface area contributed by atoms with Gasteiger partial charge in [-0.1, -0.05) is 11.3 Å². The van der Waals surface area contributed by atoms with Crippen LogP contribution in [0, 0.1) is 15.9 Å². The van der Waals surface area contributed by atoms with Crippen molar-refractivity contribution in [3.8, 4) is 0 Å². The van der Waals surface area contributed by atoms with Crippen molar-refractivity contribution in [2.45, 2.75) is 12.8 Å². The average Bonchev–Trinajstić information content (AvgIpc) is 3.46. The predicted molar refractivity (Wildman–Crippen MR) is 135 cm³/mol. The smallest absolute Gasteiger partial charge is 0.274 e. The van der Waals surface area contributed by atoms with Gasteiger partial charge in [0.15, 0.2) is 0 Å². The number of halogens is 1. The van der Waals surface area contributed by atoms with Crippen molar-refractivity contribution in [3.63, 3.8) is 0 Å². The minimum absolute atomic E-state index is 0.0895. The van der Waals surface area contributed by atoms with Crippen LogP contribution in [-0.2, 0) is 9.59 Å². The zero-order chi connectivity index (χ0) is 26.1. The number of rotatable bonds is 6. The normalized spacial score (nSPS) is 13.6. The summed E-state index contributed by atoms with van der Waals surface area (Å²) in [5.74, 6) is -1.62. The van der Waals surface area contributed by atoms with Gasteiger partial charge < -0.3 is 0 Å². The molecule has 4 aromatic rings. The maximum absolute atomic E-state index is 13.7. The summed E-state index contributed by atoms with van der Waals surface area (Å²) >= 11 is 1.06. The number of benzene rings is 3. The Balaban J connectivity index is 1.49. The van der Waals surface area contributed by atoms with E-state index in [4.69, 9.17) is 0 Å². The van der Waals surface area contributed by atoms with E-state index in [1.807, 2.05) is 0 Å². The summed E-state index contributed by atoms with van der Waals surface area (Å²) in [6.07, 6.45) is 1.63. The summed E-state index contributed by atoms with van der Waals surface area (Å²) in [5.41, 5.74) is 1.45. The molecule has 0 unspecified atom stereocenters. The Labute approximate surface area is 212 Å². The molecule has 3 amide bonds. The lowest BCUT2D eigenvalue weighted by Gasteiger charge is -2.16. The Morgan fingerprint density at radius 1 is 1.05 bits per heavy atom. The Bertz CT molecular complexity index is 1570. The fourth-order valence-corrected chi connectivity index (χ4v) is 4.66. The highest BCUT2D eigenvalue weighted by molar-refractivity contribution is 7.22. The molecule has 37 heavy (non-hydrogen) atoms. The van der Waals surface area contributed by atoms with Crippen LogP contribution in [0.25, 0.3) is 10.2 Å². The number of hydrogen-bond donors (Lipinski definition) is 0. The van der Waals surface area contributed by atoms with Crippen molar-refractivity contribution in [3.05, 3.63) is 93.8 Å². The van der Waals surface area contributed by atoms with Crippen molar-refractivity contribution in [1.82, 2.24) is 4.98 Å². The Kier molecular flexibility index (Phi) is 6.24. The van der Waals surface area contributed by atoms with Gasteiger partial charge in [0.05, 0.1) is 27.0 Å². The second kappa shape index (κ2) is 9.66. The number of thiazole rings is 1. The van der Waals surface area contributed by atoms with Crippen LogP contribution in [0.1, 0.15) is 28.8 Å². The van der Waals surface area contributed by atoms with E-state index in [9.17, 15) is 28.9 Å². The summed E-state index contributed by atoms with van der Waals surface area (Å²) < 4.78 is 14.2. The average molecular weight is 517 g/mol. The molecule has 0 radical (unpaired) electrons. The first kappa shape index (κ1) is 23.9. The molecule has 0 atom stereocenters. The minimum Gasteiger partial charge on any atom is -0.274 e. The standard InChI is InChI=1S/C25H16FN5O5S/c26-17-5-10-20-21(13-17)37-25(28-20)30(27-14-15-1-6-19(7-2-15)31(35)36)24(34)16-3-8-18(9-4-16)29-22(32)11-12-23(29)33/h1-10,13-14H,11-12H2/b27-14+. The zero-order valence-corrected chi connectivity index (χ0v) is 19.7. The second-order valence-corrected chi connectivity index (χ2v) is 9.00. The van der Waals surface area contributed by atoms with E-state index >= 15 is 0 Å². The maximum atomic E-state index is 13.7. The van der Waals surface area contributed by atoms with Crippen LogP contribution in [0.15, 0.2) is 71.8 Å². The van der Waals surface area contributed by atoms with E-state index in [0.29, 0.717) is 21.5 Å². The van der Waals surface area contributed by atoms with Crippen LogP contribution in [0.5, 0.6) is 0 Å². The first-order valence-corrected chi connectivity index (χ1v) is 11.8. The van der Waals surface area contributed by atoms with E-state index in [2.05, 4.69) is 10.1 Å².